The van der Waals surface area contributed by atoms with Crippen LogP contribution in [-0.4, -0.2) is 18.5 Å². The lowest BCUT2D eigenvalue weighted by Gasteiger charge is -2.21. The molecule has 1 aliphatic rings. The average Bonchev–Trinajstić information content (AvgIpc) is 2.27. The van der Waals surface area contributed by atoms with Crippen molar-refractivity contribution in [3.05, 3.63) is 19.4 Å². The summed E-state index contributed by atoms with van der Waals surface area (Å²) in [6.45, 7) is 2.37. The summed E-state index contributed by atoms with van der Waals surface area (Å²) in [7, 11) is 2.19. The van der Waals surface area contributed by atoms with E-state index in [1.54, 1.807) is 10.4 Å². The standard InChI is InChI=1S/C8H10INS/c1-10-3-2-7-6(5-10)4-8(9)11-7/h4H,2-3,5H2,1H3. The Morgan fingerprint density at radius 2 is 2.45 bits per heavy atom. The van der Waals surface area contributed by atoms with Crippen molar-refractivity contribution >= 4 is 33.9 Å². The van der Waals surface area contributed by atoms with Crippen molar-refractivity contribution < 1.29 is 0 Å². The number of thiophene rings is 1. The number of hydrogen-bond donors (Lipinski definition) is 0. The molecule has 1 aromatic rings. The Morgan fingerprint density at radius 3 is 3.27 bits per heavy atom. The second kappa shape index (κ2) is 3.03. The Hall–Kier alpha value is 0.390. The van der Waals surface area contributed by atoms with Crippen molar-refractivity contribution in [3.63, 3.8) is 0 Å². The van der Waals surface area contributed by atoms with Crippen LogP contribution in [0.3, 0.4) is 0 Å². The molecule has 0 fully saturated rings. The van der Waals surface area contributed by atoms with E-state index < -0.39 is 0 Å². The molecule has 0 aromatic carbocycles. The third-order valence-electron chi connectivity index (χ3n) is 2.03. The molecule has 11 heavy (non-hydrogen) atoms. The molecule has 2 heterocycles. The smallest absolute Gasteiger partial charge is 0.0659 e. The van der Waals surface area contributed by atoms with Crippen molar-refractivity contribution in [2.75, 3.05) is 13.6 Å². The largest absolute Gasteiger partial charge is 0.302 e. The Labute approximate surface area is 84.5 Å². The molecule has 1 aliphatic heterocycles. The van der Waals surface area contributed by atoms with Gasteiger partial charge >= 0.3 is 0 Å². The van der Waals surface area contributed by atoms with Gasteiger partial charge in [0, 0.05) is 18.0 Å². The van der Waals surface area contributed by atoms with Crippen molar-refractivity contribution in [1.82, 2.24) is 4.90 Å². The molecule has 3 heteroatoms. The SMILES string of the molecule is CN1CCc2sc(I)cc2C1. The molecule has 1 aromatic heterocycles. The van der Waals surface area contributed by atoms with E-state index in [4.69, 9.17) is 0 Å². The zero-order chi connectivity index (χ0) is 7.84. The Balaban J connectivity index is 2.34. The van der Waals surface area contributed by atoms with E-state index in [0.717, 1.165) is 6.54 Å². The fourth-order valence-electron chi connectivity index (χ4n) is 1.44. The maximum absolute atomic E-state index is 2.41. The molecule has 0 saturated carbocycles. The van der Waals surface area contributed by atoms with Crippen LogP contribution in [0.2, 0.25) is 0 Å². The minimum absolute atomic E-state index is 1.15. The molecule has 0 N–H and O–H groups in total. The first-order chi connectivity index (χ1) is 5.25. The van der Waals surface area contributed by atoms with Gasteiger partial charge in [0.05, 0.1) is 2.88 Å². The second-order valence-electron chi connectivity index (χ2n) is 2.99. The van der Waals surface area contributed by atoms with Gasteiger partial charge in [0.2, 0.25) is 0 Å². The summed E-state index contributed by atoms with van der Waals surface area (Å²) in [6, 6.07) is 2.32. The quantitative estimate of drug-likeness (QED) is 0.659. The van der Waals surface area contributed by atoms with Gasteiger partial charge in [0.25, 0.3) is 0 Å². The summed E-state index contributed by atoms with van der Waals surface area (Å²) >= 11 is 4.36. The van der Waals surface area contributed by atoms with Crippen molar-refractivity contribution in [1.29, 1.82) is 0 Å². The molecular formula is C8H10INS. The number of likely N-dealkylation sites (N-methyl/N-ethyl adjacent to an activating group) is 1. The second-order valence-corrected chi connectivity index (χ2v) is 6.02. The molecule has 0 saturated heterocycles. The van der Waals surface area contributed by atoms with Crippen LogP contribution in [0.1, 0.15) is 10.4 Å². The average molecular weight is 279 g/mol. The summed E-state index contributed by atoms with van der Waals surface area (Å²) in [5, 5.41) is 0. The lowest BCUT2D eigenvalue weighted by molar-refractivity contribution is 0.315. The fourth-order valence-corrected chi connectivity index (χ4v) is 3.50. The van der Waals surface area contributed by atoms with E-state index in [9.17, 15) is 0 Å². The monoisotopic (exact) mass is 279 g/mol. The van der Waals surface area contributed by atoms with Gasteiger partial charge in [-0.3, -0.25) is 0 Å². The van der Waals surface area contributed by atoms with E-state index in [2.05, 4.69) is 40.6 Å². The first-order valence-electron chi connectivity index (χ1n) is 3.71. The van der Waals surface area contributed by atoms with Gasteiger partial charge in [0.1, 0.15) is 0 Å². The Bertz CT molecular complexity index is 269. The number of hydrogen-bond acceptors (Lipinski definition) is 2. The highest BCUT2D eigenvalue weighted by Crippen LogP contribution is 2.28. The molecule has 0 spiro atoms. The van der Waals surface area contributed by atoms with Gasteiger partial charge in [-0.1, -0.05) is 0 Å². The van der Waals surface area contributed by atoms with Crippen LogP contribution in [0.25, 0.3) is 0 Å². The third-order valence-corrected chi connectivity index (χ3v) is 4.02. The molecule has 60 valence electrons. The fraction of sp³-hybridized carbons (Fsp3) is 0.500. The van der Waals surface area contributed by atoms with Crippen LogP contribution in [0.15, 0.2) is 6.07 Å². The van der Waals surface area contributed by atoms with E-state index in [0.29, 0.717) is 0 Å². The van der Waals surface area contributed by atoms with Crippen LogP contribution in [0.4, 0.5) is 0 Å². The number of rotatable bonds is 0. The number of nitrogens with zero attached hydrogens (tertiary/aromatic N) is 1. The predicted octanol–water partition coefficient (Wildman–Crippen LogP) is 2.34. The normalized spacial score (nSPS) is 18.4. The van der Waals surface area contributed by atoms with Crippen LogP contribution in [0.5, 0.6) is 0 Å². The molecule has 1 nitrogen and oxygen atoms in total. The lowest BCUT2D eigenvalue weighted by Crippen LogP contribution is -2.25. The first kappa shape index (κ1) is 8.01. The van der Waals surface area contributed by atoms with Crippen molar-refractivity contribution in [2.24, 2.45) is 0 Å². The van der Waals surface area contributed by atoms with E-state index >= 15 is 0 Å². The first-order valence-corrected chi connectivity index (χ1v) is 5.61. The summed E-state index contributed by atoms with van der Waals surface area (Å²) in [4.78, 5) is 3.98. The minimum Gasteiger partial charge on any atom is -0.302 e. The van der Waals surface area contributed by atoms with E-state index in [1.807, 2.05) is 11.3 Å². The zero-order valence-corrected chi connectivity index (χ0v) is 9.41. The van der Waals surface area contributed by atoms with Gasteiger partial charge in [-0.2, -0.15) is 0 Å². The Kier molecular flexibility index (Phi) is 2.21. The van der Waals surface area contributed by atoms with Crippen LogP contribution in [-0.2, 0) is 13.0 Å². The molecule has 0 bridgehead atoms. The number of halogens is 1. The maximum Gasteiger partial charge on any atom is 0.0659 e. The number of fused-ring (bicyclic) bond motifs is 1. The predicted molar refractivity (Wildman–Crippen MR) is 57.1 cm³/mol. The highest BCUT2D eigenvalue weighted by molar-refractivity contribution is 14.1. The molecule has 2 rings (SSSR count). The molecule has 0 atom stereocenters. The topological polar surface area (TPSA) is 3.24 Å². The summed E-state index contributed by atoms with van der Waals surface area (Å²) < 4.78 is 1.43. The van der Waals surface area contributed by atoms with Gasteiger partial charge in [-0.15, -0.1) is 11.3 Å². The molecular weight excluding hydrogens is 269 g/mol. The van der Waals surface area contributed by atoms with E-state index in [-0.39, 0.29) is 0 Å². The summed E-state index contributed by atoms with van der Waals surface area (Å²) in [5.41, 5.74) is 1.55. The highest BCUT2D eigenvalue weighted by atomic mass is 127. The van der Waals surface area contributed by atoms with Gasteiger partial charge in [-0.05, 0) is 47.7 Å². The molecule has 0 amide bonds. The van der Waals surface area contributed by atoms with Crippen LogP contribution < -0.4 is 0 Å². The Morgan fingerprint density at radius 1 is 1.64 bits per heavy atom. The van der Waals surface area contributed by atoms with Gasteiger partial charge in [0.15, 0.2) is 0 Å². The lowest BCUT2D eigenvalue weighted by atomic mass is 10.1. The van der Waals surface area contributed by atoms with Crippen molar-refractivity contribution in [2.45, 2.75) is 13.0 Å². The van der Waals surface area contributed by atoms with Gasteiger partial charge < -0.3 is 4.90 Å². The molecule has 0 unspecified atom stereocenters. The molecule has 0 aliphatic carbocycles. The maximum atomic E-state index is 2.41. The zero-order valence-electron chi connectivity index (χ0n) is 6.43. The van der Waals surface area contributed by atoms with E-state index in [1.165, 1.54) is 15.8 Å². The highest BCUT2D eigenvalue weighted by Gasteiger charge is 2.15. The summed E-state index contributed by atoms with van der Waals surface area (Å²) in [6.07, 6.45) is 1.25. The third kappa shape index (κ3) is 1.60. The van der Waals surface area contributed by atoms with Gasteiger partial charge in [-0.25, -0.2) is 0 Å². The summed E-state index contributed by atoms with van der Waals surface area (Å²) in [5.74, 6) is 0. The van der Waals surface area contributed by atoms with Crippen LogP contribution >= 0.6 is 33.9 Å². The van der Waals surface area contributed by atoms with Crippen LogP contribution in [0, 0.1) is 2.88 Å². The minimum atomic E-state index is 1.15. The van der Waals surface area contributed by atoms with Crippen molar-refractivity contribution in [3.8, 4) is 0 Å². The molecule has 0 radical (unpaired) electrons.